The monoisotopic (exact) mass is 276 g/mol. The van der Waals surface area contributed by atoms with Crippen LogP contribution in [0.3, 0.4) is 0 Å². The highest BCUT2D eigenvalue weighted by atomic mass is 32.2. The number of aromatic nitrogens is 1. The molecular weight excluding hydrogens is 258 g/mol. The van der Waals surface area contributed by atoms with Gasteiger partial charge < -0.3 is 0 Å². The number of rotatable bonds is 5. The second-order valence-electron chi connectivity index (χ2n) is 4.76. The second kappa shape index (κ2) is 5.45. The lowest BCUT2D eigenvalue weighted by Gasteiger charge is -2.02. The highest BCUT2D eigenvalue weighted by molar-refractivity contribution is 8.01. The van der Waals surface area contributed by atoms with Gasteiger partial charge in [0, 0.05) is 6.07 Å². The molecule has 0 saturated carbocycles. The number of nitrogens with zero attached hydrogens (tertiary/aromatic N) is 1. The van der Waals surface area contributed by atoms with Crippen LogP contribution in [-0.4, -0.2) is 5.25 Å². The van der Waals surface area contributed by atoms with Gasteiger partial charge in [-0.05, 0) is 37.1 Å². The molecule has 0 bridgehead atoms. The van der Waals surface area contributed by atoms with Crippen molar-refractivity contribution in [3.8, 4) is 0 Å². The van der Waals surface area contributed by atoms with E-state index in [2.05, 4.69) is 47.2 Å². The molecule has 1 aromatic heterocycles. The molecule has 1 aliphatic rings. The van der Waals surface area contributed by atoms with Crippen molar-refractivity contribution in [3.63, 3.8) is 0 Å². The molecule has 18 heavy (non-hydrogen) atoms. The highest BCUT2D eigenvalue weighted by Gasteiger charge is 2.33. The van der Waals surface area contributed by atoms with Gasteiger partial charge in [0.2, 0.25) is 5.52 Å². The number of hydrogen-bond donors (Lipinski definition) is 0. The number of para-hydroxylation sites is 1. The Balaban J connectivity index is 1.66. The van der Waals surface area contributed by atoms with Crippen LogP contribution in [0.15, 0.2) is 41.3 Å². The Hall–Kier alpha value is -0.800. The van der Waals surface area contributed by atoms with Gasteiger partial charge in [-0.3, -0.25) is 0 Å². The van der Waals surface area contributed by atoms with Crippen LogP contribution in [0.1, 0.15) is 25.7 Å². The quantitative estimate of drug-likeness (QED) is 0.444. The summed E-state index contributed by atoms with van der Waals surface area (Å²) < 4.78 is 5.41. The van der Waals surface area contributed by atoms with Gasteiger partial charge in [-0.2, -0.15) is 4.57 Å². The average Bonchev–Trinajstić information content (AvgIpc) is 2.91. The molecule has 0 fully saturated rings. The molecule has 1 atom stereocenters. The van der Waals surface area contributed by atoms with Crippen molar-refractivity contribution in [2.75, 3.05) is 0 Å². The van der Waals surface area contributed by atoms with Gasteiger partial charge in [0.05, 0.1) is 5.25 Å². The molecule has 3 heteroatoms. The summed E-state index contributed by atoms with van der Waals surface area (Å²) in [6.07, 6.45) is 7.15. The molecule has 3 rings (SSSR count). The average molecular weight is 276 g/mol. The first kappa shape index (κ1) is 12.2. The Morgan fingerprint density at radius 2 is 2.22 bits per heavy atom. The van der Waals surface area contributed by atoms with E-state index in [1.807, 2.05) is 17.4 Å². The van der Waals surface area contributed by atoms with Crippen molar-refractivity contribution in [3.05, 3.63) is 36.9 Å². The first-order valence-electron chi connectivity index (χ1n) is 6.57. The molecule has 1 nitrogen and oxygen atoms in total. The van der Waals surface area contributed by atoms with Crippen LogP contribution < -0.4 is 4.57 Å². The Bertz CT molecular complexity index is 559. The normalized spacial score (nSPS) is 18.1. The Morgan fingerprint density at radius 3 is 3.11 bits per heavy atom. The molecule has 2 aromatic rings. The van der Waals surface area contributed by atoms with Crippen LogP contribution in [0.2, 0.25) is 0 Å². The van der Waals surface area contributed by atoms with Crippen LogP contribution in [0.4, 0.5) is 0 Å². The molecule has 1 unspecified atom stereocenters. The van der Waals surface area contributed by atoms with Crippen molar-refractivity contribution in [1.29, 1.82) is 0 Å². The molecule has 2 heterocycles. The standard InChI is InChI=1S/C15H18NS2/c1-2-3-4-5-8-12-11-16-13-9-6-7-10-14(13)18-15(16)17-12/h2,6-7,9-10,12H,1,3-5,8,11H2/q+1. The smallest absolute Gasteiger partial charge is 0.175 e. The Morgan fingerprint density at radius 1 is 1.33 bits per heavy atom. The molecular formula is C15H18NS2+. The van der Waals surface area contributed by atoms with Gasteiger partial charge in [-0.1, -0.05) is 36.0 Å². The maximum atomic E-state index is 3.78. The first-order valence-corrected chi connectivity index (χ1v) is 8.27. The molecule has 0 N–H and O–H groups in total. The molecule has 0 amide bonds. The molecule has 1 aromatic carbocycles. The van der Waals surface area contributed by atoms with Crippen LogP contribution in [0.5, 0.6) is 0 Å². The van der Waals surface area contributed by atoms with Gasteiger partial charge >= 0.3 is 0 Å². The third-order valence-electron chi connectivity index (χ3n) is 3.41. The van der Waals surface area contributed by atoms with E-state index < -0.39 is 0 Å². The maximum Gasteiger partial charge on any atom is 0.298 e. The van der Waals surface area contributed by atoms with Gasteiger partial charge in [-0.25, -0.2) is 0 Å². The Kier molecular flexibility index (Phi) is 3.71. The number of allylic oxidation sites excluding steroid dienone is 1. The van der Waals surface area contributed by atoms with Crippen molar-refractivity contribution >= 4 is 33.3 Å². The van der Waals surface area contributed by atoms with E-state index in [1.165, 1.54) is 40.4 Å². The summed E-state index contributed by atoms with van der Waals surface area (Å²) in [6, 6.07) is 8.75. The number of fused-ring (bicyclic) bond motifs is 3. The predicted octanol–water partition coefficient (Wildman–Crippen LogP) is 4.41. The lowest BCUT2D eigenvalue weighted by Crippen LogP contribution is -2.33. The van der Waals surface area contributed by atoms with E-state index in [-0.39, 0.29) is 0 Å². The Labute approximate surface area is 117 Å². The minimum atomic E-state index is 0.783. The molecule has 1 aliphatic heterocycles. The number of benzene rings is 1. The van der Waals surface area contributed by atoms with Crippen LogP contribution in [0.25, 0.3) is 10.2 Å². The topological polar surface area (TPSA) is 3.88 Å². The van der Waals surface area contributed by atoms with Crippen molar-refractivity contribution in [2.45, 2.75) is 41.8 Å². The fourth-order valence-corrected chi connectivity index (χ4v) is 5.33. The summed E-state index contributed by atoms with van der Waals surface area (Å²) >= 11 is 4.02. The SMILES string of the molecule is C=CCCCCC1C[n+]2c(sc3ccccc32)S1. The lowest BCUT2D eigenvalue weighted by atomic mass is 10.1. The summed E-state index contributed by atoms with van der Waals surface area (Å²) in [4.78, 5) is 0. The van der Waals surface area contributed by atoms with E-state index in [4.69, 9.17) is 0 Å². The minimum absolute atomic E-state index is 0.783. The van der Waals surface area contributed by atoms with E-state index >= 15 is 0 Å². The lowest BCUT2D eigenvalue weighted by molar-refractivity contribution is -0.695. The summed E-state index contributed by atoms with van der Waals surface area (Å²) in [5.41, 5.74) is 1.42. The van der Waals surface area contributed by atoms with Gasteiger partial charge in [0.15, 0.2) is 6.54 Å². The maximum absolute atomic E-state index is 3.78. The zero-order valence-electron chi connectivity index (χ0n) is 10.5. The fraction of sp³-hybridized carbons (Fsp3) is 0.400. The highest BCUT2D eigenvalue weighted by Crippen LogP contribution is 2.37. The minimum Gasteiger partial charge on any atom is -0.175 e. The largest absolute Gasteiger partial charge is 0.298 e. The van der Waals surface area contributed by atoms with Crippen molar-refractivity contribution in [1.82, 2.24) is 0 Å². The van der Waals surface area contributed by atoms with Gasteiger partial charge in [-0.15, -0.1) is 6.58 Å². The van der Waals surface area contributed by atoms with E-state index in [0.29, 0.717) is 0 Å². The molecule has 0 radical (unpaired) electrons. The van der Waals surface area contributed by atoms with Crippen molar-refractivity contribution in [2.24, 2.45) is 0 Å². The third kappa shape index (κ3) is 2.34. The van der Waals surface area contributed by atoms with E-state index in [9.17, 15) is 0 Å². The predicted molar refractivity (Wildman–Crippen MR) is 80.3 cm³/mol. The molecule has 0 saturated heterocycles. The van der Waals surface area contributed by atoms with Crippen molar-refractivity contribution < 1.29 is 4.57 Å². The third-order valence-corrected chi connectivity index (χ3v) is 6.05. The number of hydrogen-bond acceptors (Lipinski definition) is 2. The first-order chi connectivity index (χ1) is 8.88. The zero-order chi connectivity index (χ0) is 12.4. The summed E-state index contributed by atoms with van der Waals surface area (Å²) in [6.45, 7) is 4.97. The number of thioether (sulfide) groups is 1. The number of unbranched alkanes of at least 4 members (excludes halogenated alkanes) is 2. The molecule has 0 aliphatic carbocycles. The second-order valence-corrected chi connectivity index (χ2v) is 7.34. The van der Waals surface area contributed by atoms with Gasteiger partial charge in [0.25, 0.3) is 4.34 Å². The summed E-state index contributed by atoms with van der Waals surface area (Å²) in [5.74, 6) is 0. The summed E-state index contributed by atoms with van der Waals surface area (Å²) in [7, 11) is 0. The zero-order valence-corrected chi connectivity index (χ0v) is 12.1. The molecule has 0 spiro atoms. The molecule has 94 valence electrons. The van der Waals surface area contributed by atoms with E-state index in [0.717, 1.165) is 11.7 Å². The van der Waals surface area contributed by atoms with E-state index in [1.54, 1.807) is 0 Å². The van der Waals surface area contributed by atoms with Crippen LogP contribution in [0, 0.1) is 0 Å². The number of thiazole rings is 1. The summed E-state index contributed by atoms with van der Waals surface area (Å²) in [5, 5.41) is 0.783. The van der Waals surface area contributed by atoms with Gasteiger partial charge in [0.1, 0.15) is 4.70 Å². The van der Waals surface area contributed by atoms with Crippen LogP contribution in [-0.2, 0) is 6.54 Å². The fourth-order valence-electron chi connectivity index (χ4n) is 2.47. The van der Waals surface area contributed by atoms with Crippen LogP contribution >= 0.6 is 23.1 Å².